The zero-order valence-corrected chi connectivity index (χ0v) is 11.9. The molecule has 2 aromatic rings. The van der Waals surface area contributed by atoms with Crippen LogP contribution in [0.3, 0.4) is 0 Å². The fraction of sp³-hybridized carbons (Fsp3) is 0.200. The van der Waals surface area contributed by atoms with Gasteiger partial charge < -0.3 is 9.73 Å². The van der Waals surface area contributed by atoms with Crippen LogP contribution in [-0.4, -0.2) is 7.05 Å². The Kier molecular flexibility index (Phi) is 3.66. The van der Waals surface area contributed by atoms with E-state index in [1.165, 1.54) is 5.56 Å². The van der Waals surface area contributed by atoms with E-state index in [9.17, 15) is 0 Å². The Morgan fingerprint density at radius 1 is 1.47 bits per heavy atom. The molecule has 5 heteroatoms. The molecule has 15 heavy (non-hydrogen) atoms. The highest BCUT2D eigenvalue weighted by Crippen LogP contribution is 2.37. The Bertz CT molecular complexity index is 438. The molecule has 0 saturated carbocycles. The second-order valence-electron chi connectivity index (χ2n) is 3.02. The molecule has 0 bridgehead atoms. The molecule has 0 aromatic carbocycles. The highest BCUT2D eigenvalue weighted by Gasteiger charge is 2.19. The summed E-state index contributed by atoms with van der Waals surface area (Å²) in [5, 5.41) is 3.24. The molecule has 0 amide bonds. The van der Waals surface area contributed by atoms with Crippen molar-refractivity contribution in [2.45, 2.75) is 6.04 Å². The molecule has 2 aromatic heterocycles. The Labute approximate surface area is 109 Å². The molecule has 0 radical (unpaired) electrons. The zero-order valence-electron chi connectivity index (χ0n) is 7.96. The first kappa shape index (κ1) is 11.4. The van der Waals surface area contributed by atoms with Crippen LogP contribution in [0.15, 0.2) is 36.5 Å². The van der Waals surface area contributed by atoms with Crippen LogP contribution in [0.1, 0.15) is 17.4 Å². The quantitative estimate of drug-likeness (QED) is 0.898. The molecule has 0 fully saturated rings. The third-order valence-corrected chi connectivity index (χ3v) is 4.50. The number of halogens is 2. The van der Waals surface area contributed by atoms with Gasteiger partial charge in [-0.05, 0) is 57.1 Å². The van der Waals surface area contributed by atoms with Crippen molar-refractivity contribution in [2.75, 3.05) is 7.05 Å². The molecule has 2 rings (SSSR count). The van der Waals surface area contributed by atoms with E-state index in [0.29, 0.717) is 0 Å². The van der Waals surface area contributed by atoms with Gasteiger partial charge in [0, 0.05) is 5.56 Å². The van der Waals surface area contributed by atoms with Crippen LogP contribution in [0.2, 0.25) is 0 Å². The fourth-order valence-electron chi connectivity index (χ4n) is 1.46. The highest BCUT2D eigenvalue weighted by atomic mass is 79.9. The summed E-state index contributed by atoms with van der Waals surface area (Å²) in [6.45, 7) is 0. The molecule has 1 N–H and O–H groups in total. The van der Waals surface area contributed by atoms with E-state index < -0.39 is 0 Å². The molecule has 0 aliphatic rings. The average molecular weight is 351 g/mol. The van der Waals surface area contributed by atoms with Gasteiger partial charge in [-0.15, -0.1) is 11.3 Å². The van der Waals surface area contributed by atoms with E-state index in [1.807, 2.05) is 19.2 Å². The topological polar surface area (TPSA) is 25.2 Å². The van der Waals surface area contributed by atoms with Gasteiger partial charge in [0.15, 0.2) is 0 Å². The zero-order chi connectivity index (χ0) is 10.8. The molecule has 0 aliphatic heterocycles. The molecule has 0 saturated heterocycles. The summed E-state index contributed by atoms with van der Waals surface area (Å²) in [6, 6.07) is 6.06. The number of rotatable bonds is 3. The van der Waals surface area contributed by atoms with Crippen molar-refractivity contribution < 1.29 is 4.42 Å². The van der Waals surface area contributed by atoms with E-state index in [0.717, 1.165) is 13.3 Å². The minimum absolute atomic E-state index is 0.0944. The van der Waals surface area contributed by atoms with Crippen molar-refractivity contribution >= 4 is 43.2 Å². The molecule has 0 aliphatic carbocycles. The molecule has 2 nitrogen and oxygen atoms in total. The second-order valence-corrected chi connectivity index (χ2v) is 6.77. The summed E-state index contributed by atoms with van der Waals surface area (Å²) < 4.78 is 7.63. The van der Waals surface area contributed by atoms with Crippen molar-refractivity contribution in [3.05, 3.63) is 43.4 Å². The van der Waals surface area contributed by atoms with Crippen LogP contribution in [0, 0.1) is 0 Å². The van der Waals surface area contributed by atoms with Crippen molar-refractivity contribution in [3.63, 3.8) is 0 Å². The maximum atomic E-state index is 5.41. The summed E-state index contributed by atoms with van der Waals surface area (Å²) in [5.41, 5.74) is 1.18. The lowest BCUT2D eigenvalue weighted by Crippen LogP contribution is -2.16. The van der Waals surface area contributed by atoms with Crippen LogP contribution < -0.4 is 5.32 Å². The van der Waals surface area contributed by atoms with Crippen LogP contribution in [0.4, 0.5) is 0 Å². The van der Waals surface area contributed by atoms with Gasteiger partial charge in [-0.2, -0.15) is 0 Å². The summed E-state index contributed by atoms with van der Waals surface area (Å²) in [7, 11) is 1.92. The Morgan fingerprint density at radius 3 is 2.73 bits per heavy atom. The normalized spacial score (nSPS) is 13.0. The maximum absolute atomic E-state index is 5.41. The van der Waals surface area contributed by atoms with Gasteiger partial charge in [0.05, 0.1) is 19.9 Å². The van der Waals surface area contributed by atoms with E-state index >= 15 is 0 Å². The molecule has 80 valence electrons. The van der Waals surface area contributed by atoms with E-state index in [-0.39, 0.29) is 6.04 Å². The van der Waals surface area contributed by atoms with Crippen molar-refractivity contribution in [2.24, 2.45) is 0 Å². The van der Waals surface area contributed by atoms with Gasteiger partial charge >= 0.3 is 0 Å². The van der Waals surface area contributed by atoms with E-state index in [2.05, 4.69) is 43.2 Å². The molecule has 1 atom stereocenters. The van der Waals surface area contributed by atoms with Crippen LogP contribution in [0.5, 0.6) is 0 Å². The SMILES string of the molecule is CNC(c1ccco1)c1cc(Br)sc1Br. The van der Waals surface area contributed by atoms with Crippen molar-refractivity contribution in [1.82, 2.24) is 5.32 Å². The number of hydrogen-bond acceptors (Lipinski definition) is 3. The minimum Gasteiger partial charge on any atom is -0.467 e. The van der Waals surface area contributed by atoms with Gasteiger partial charge in [0.25, 0.3) is 0 Å². The summed E-state index contributed by atoms with van der Waals surface area (Å²) >= 11 is 8.69. The Hall–Kier alpha value is -0.100. The van der Waals surface area contributed by atoms with Crippen LogP contribution in [0.25, 0.3) is 0 Å². The predicted molar refractivity (Wildman–Crippen MR) is 69.3 cm³/mol. The monoisotopic (exact) mass is 349 g/mol. The van der Waals surface area contributed by atoms with Gasteiger partial charge in [0.1, 0.15) is 5.76 Å². The summed E-state index contributed by atoms with van der Waals surface area (Å²) in [5.74, 6) is 0.920. The Balaban J connectivity index is 2.39. The number of nitrogens with one attached hydrogen (secondary N) is 1. The first-order chi connectivity index (χ1) is 7.22. The van der Waals surface area contributed by atoms with Crippen LogP contribution in [-0.2, 0) is 0 Å². The number of furan rings is 1. The molecular formula is C10H9Br2NOS. The minimum atomic E-state index is 0.0944. The van der Waals surface area contributed by atoms with E-state index in [4.69, 9.17) is 4.42 Å². The molecule has 1 unspecified atom stereocenters. The number of thiophene rings is 1. The largest absolute Gasteiger partial charge is 0.467 e. The van der Waals surface area contributed by atoms with E-state index in [1.54, 1.807) is 17.6 Å². The molecule has 2 heterocycles. The van der Waals surface area contributed by atoms with Crippen molar-refractivity contribution in [1.29, 1.82) is 0 Å². The van der Waals surface area contributed by atoms with Gasteiger partial charge in [-0.25, -0.2) is 0 Å². The predicted octanol–water partition coefficient (Wildman–Crippen LogP) is 4.17. The van der Waals surface area contributed by atoms with Gasteiger partial charge in [0.2, 0.25) is 0 Å². The Morgan fingerprint density at radius 2 is 2.27 bits per heavy atom. The number of hydrogen-bond donors (Lipinski definition) is 1. The van der Waals surface area contributed by atoms with Crippen LogP contribution >= 0.6 is 43.2 Å². The first-order valence-electron chi connectivity index (χ1n) is 4.37. The molecular weight excluding hydrogens is 342 g/mol. The second kappa shape index (κ2) is 4.82. The first-order valence-corrected chi connectivity index (χ1v) is 6.78. The third-order valence-electron chi connectivity index (χ3n) is 2.11. The lowest BCUT2D eigenvalue weighted by molar-refractivity contribution is 0.463. The molecule has 0 spiro atoms. The van der Waals surface area contributed by atoms with Crippen molar-refractivity contribution in [3.8, 4) is 0 Å². The summed E-state index contributed by atoms with van der Waals surface area (Å²) in [6.07, 6.45) is 1.69. The lowest BCUT2D eigenvalue weighted by Gasteiger charge is -2.12. The summed E-state index contributed by atoms with van der Waals surface area (Å²) in [4.78, 5) is 0. The van der Waals surface area contributed by atoms with Gasteiger partial charge in [-0.1, -0.05) is 0 Å². The van der Waals surface area contributed by atoms with Gasteiger partial charge in [-0.3, -0.25) is 0 Å². The lowest BCUT2D eigenvalue weighted by atomic mass is 10.1. The third kappa shape index (κ3) is 2.36. The standard InChI is InChI=1S/C10H9Br2NOS/c1-13-9(7-3-2-4-14-7)6-5-8(11)15-10(6)12/h2-5,9,13H,1H3. The fourth-order valence-corrected chi connectivity index (χ4v) is 4.36. The highest BCUT2D eigenvalue weighted by molar-refractivity contribution is 9.12. The smallest absolute Gasteiger partial charge is 0.125 e. The average Bonchev–Trinajstić information content (AvgIpc) is 2.79. The maximum Gasteiger partial charge on any atom is 0.125 e.